The summed E-state index contributed by atoms with van der Waals surface area (Å²) in [5, 5.41) is 6.22. The van der Waals surface area contributed by atoms with Crippen molar-refractivity contribution >= 4 is 17.8 Å². The summed E-state index contributed by atoms with van der Waals surface area (Å²) in [4.78, 5) is 40.3. The van der Waals surface area contributed by atoms with Gasteiger partial charge < -0.3 is 20.4 Å². The molecule has 3 fully saturated rings. The van der Waals surface area contributed by atoms with Crippen molar-refractivity contribution in [3.63, 3.8) is 0 Å². The third-order valence-corrected chi connectivity index (χ3v) is 6.09. The van der Waals surface area contributed by atoms with E-state index in [1.54, 1.807) is 4.90 Å². The minimum Gasteiger partial charge on any atom is -0.352 e. The topological polar surface area (TPSA) is 81.8 Å². The molecular weight excluding hydrogens is 344 g/mol. The van der Waals surface area contributed by atoms with Crippen LogP contribution in [0.3, 0.4) is 0 Å². The maximum atomic E-state index is 12.4. The highest BCUT2D eigenvalue weighted by atomic mass is 16.2. The zero-order valence-corrected chi connectivity index (χ0v) is 16.4. The largest absolute Gasteiger partial charge is 0.352 e. The molecule has 2 aliphatic heterocycles. The van der Waals surface area contributed by atoms with Crippen molar-refractivity contribution in [3.8, 4) is 0 Å². The minimum absolute atomic E-state index is 0.0434. The molecule has 3 rings (SSSR count). The summed E-state index contributed by atoms with van der Waals surface area (Å²) in [6, 6.07) is 0.468. The fraction of sp³-hybridized carbons (Fsp3) is 0.850. The summed E-state index contributed by atoms with van der Waals surface area (Å²) >= 11 is 0. The van der Waals surface area contributed by atoms with Crippen molar-refractivity contribution in [1.29, 1.82) is 0 Å². The predicted octanol–water partition coefficient (Wildman–Crippen LogP) is 2.01. The van der Waals surface area contributed by atoms with Crippen molar-refractivity contribution in [2.45, 2.75) is 82.7 Å². The van der Waals surface area contributed by atoms with E-state index < -0.39 is 0 Å². The molecule has 2 heterocycles. The summed E-state index contributed by atoms with van der Waals surface area (Å²) < 4.78 is 0. The summed E-state index contributed by atoms with van der Waals surface area (Å²) in [7, 11) is 0. The molecule has 0 aromatic rings. The lowest BCUT2D eigenvalue weighted by Gasteiger charge is -2.34. The van der Waals surface area contributed by atoms with Gasteiger partial charge in [-0.05, 0) is 38.5 Å². The van der Waals surface area contributed by atoms with Gasteiger partial charge >= 0.3 is 6.03 Å². The van der Waals surface area contributed by atoms with Gasteiger partial charge in [0.05, 0.1) is 6.54 Å². The fourth-order valence-corrected chi connectivity index (χ4v) is 4.39. The van der Waals surface area contributed by atoms with Crippen LogP contribution in [-0.2, 0) is 9.59 Å². The van der Waals surface area contributed by atoms with E-state index in [0.717, 1.165) is 44.9 Å². The number of nitrogens with zero attached hydrogens (tertiary/aromatic N) is 2. The number of likely N-dealkylation sites (tertiary alicyclic amines) is 2. The molecule has 2 N–H and O–H groups in total. The lowest BCUT2D eigenvalue weighted by Crippen LogP contribution is -2.52. The van der Waals surface area contributed by atoms with Crippen molar-refractivity contribution < 1.29 is 14.4 Å². The van der Waals surface area contributed by atoms with Gasteiger partial charge in [-0.15, -0.1) is 0 Å². The van der Waals surface area contributed by atoms with Crippen LogP contribution in [0.2, 0.25) is 0 Å². The molecule has 0 aromatic carbocycles. The third kappa shape index (κ3) is 6.11. The van der Waals surface area contributed by atoms with Gasteiger partial charge in [0.15, 0.2) is 0 Å². The highest BCUT2D eigenvalue weighted by Gasteiger charge is 2.26. The average molecular weight is 379 g/mol. The normalized spacial score (nSPS) is 23.0. The van der Waals surface area contributed by atoms with E-state index >= 15 is 0 Å². The van der Waals surface area contributed by atoms with Crippen LogP contribution in [0.15, 0.2) is 0 Å². The molecular formula is C20H34N4O3. The Morgan fingerprint density at radius 3 is 2.22 bits per heavy atom. The van der Waals surface area contributed by atoms with Crippen LogP contribution in [0.4, 0.5) is 4.79 Å². The molecule has 4 amide bonds. The Morgan fingerprint density at radius 1 is 0.815 bits per heavy atom. The second-order valence-electron chi connectivity index (χ2n) is 8.24. The van der Waals surface area contributed by atoms with Crippen molar-refractivity contribution in [2.24, 2.45) is 0 Å². The second-order valence-corrected chi connectivity index (χ2v) is 8.24. The number of hydrogen-bond acceptors (Lipinski definition) is 3. The molecule has 0 unspecified atom stereocenters. The van der Waals surface area contributed by atoms with E-state index in [2.05, 4.69) is 10.6 Å². The fourth-order valence-electron chi connectivity index (χ4n) is 4.39. The molecule has 0 aromatic heterocycles. The lowest BCUT2D eigenvalue weighted by molar-refractivity contribution is -0.135. The first-order valence-electron chi connectivity index (χ1n) is 10.7. The molecule has 1 saturated carbocycles. The van der Waals surface area contributed by atoms with Crippen LogP contribution in [0.25, 0.3) is 0 Å². The number of urea groups is 1. The van der Waals surface area contributed by atoms with Gasteiger partial charge in [0.2, 0.25) is 11.8 Å². The van der Waals surface area contributed by atoms with E-state index in [1.165, 1.54) is 19.3 Å². The number of carbonyl (C=O) groups is 3. The van der Waals surface area contributed by atoms with Crippen molar-refractivity contribution in [2.75, 3.05) is 26.2 Å². The lowest BCUT2D eigenvalue weighted by atomic mass is 9.95. The van der Waals surface area contributed by atoms with Crippen LogP contribution < -0.4 is 10.6 Å². The van der Waals surface area contributed by atoms with E-state index in [9.17, 15) is 14.4 Å². The highest BCUT2D eigenvalue weighted by molar-refractivity contribution is 5.85. The molecule has 7 nitrogen and oxygen atoms in total. The molecule has 0 spiro atoms. The van der Waals surface area contributed by atoms with Crippen LogP contribution in [0, 0.1) is 0 Å². The van der Waals surface area contributed by atoms with Gasteiger partial charge in [0, 0.05) is 38.1 Å². The van der Waals surface area contributed by atoms with Crippen molar-refractivity contribution in [3.05, 3.63) is 0 Å². The first-order valence-corrected chi connectivity index (χ1v) is 10.7. The van der Waals surface area contributed by atoms with Crippen LogP contribution in [0.1, 0.15) is 70.6 Å². The molecule has 2 saturated heterocycles. The summed E-state index contributed by atoms with van der Waals surface area (Å²) in [6.07, 6.45) is 11.0. The average Bonchev–Trinajstić information content (AvgIpc) is 2.87. The quantitative estimate of drug-likeness (QED) is 0.785. The molecule has 152 valence electrons. The van der Waals surface area contributed by atoms with Crippen LogP contribution in [0.5, 0.6) is 0 Å². The van der Waals surface area contributed by atoms with Crippen molar-refractivity contribution in [1.82, 2.24) is 20.4 Å². The Bertz CT molecular complexity index is 525. The summed E-state index contributed by atoms with van der Waals surface area (Å²) in [6.45, 7) is 2.20. The first-order chi connectivity index (χ1) is 13.1. The third-order valence-electron chi connectivity index (χ3n) is 6.09. The maximum absolute atomic E-state index is 12.4. The highest BCUT2D eigenvalue weighted by Crippen LogP contribution is 2.18. The van der Waals surface area contributed by atoms with E-state index in [-0.39, 0.29) is 30.4 Å². The van der Waals surface area contributed by atoms with Crippen LogP contribution >= 0.6 is 0 Å². The first kappa shape index (κ1) is 20.0. The Labute approximate surface area is 162 Å². The molecule has 0 atom stereocenters. The molecule has 0 radical (unpaired) electrons. The minimum atomic E-state index is -0.0737. The Kier molecular flexibility index (Phi) is 7.35. The summed E-state index contributed by atoms with van der Waals surface area (Å²) in [5.41, 5.74) is 0. The van der Waals surface area contributed by atoms with Gasteiger partial charge in [-0.1, -0.05) is 25.7 Å². The second kappa shape index (κ2) is 9.95. The van der Waals surface area contributed by atoms with E-state index in [1.807, 2.05) is 4.90 Å². The number of amides is 4. The number of nitrogens with one attached hydrogen (secondary N) is 2. The van der Waals surface area contributed by atoms with E-state index in [4.69, 9.17) is 0 Å². The number of carbonyl (C=O) groups excluding carboxylic acids is 3. The molecule has 0 bridgehead atoms. The predicted molar refractivity (Wildman–Crippen MR) is 103 cm³/mol. The Hall–Kier alpha value is -1.79. The van der Waals surface area contributed by atoms with Gasteiger partial charge in [-0.25, -0.2) is 4.79 Å². The van der Waals surface area contributed by atoms with Crippen LogP contribution in [-0.4, -0.2) is 65.9 Å². The summed E-state index contributed by atoms with van der Waals surface area (Å²) in [5.74, 6) is 0.0206. The number of rotatable bonds is 4. The molecule has 27 heavy (non-hydrogen) atoms. The monoisotopic (exact) mass is 378 g/mol. The maximum Gasteiger partial charge on any atom is 0.317 e. The molecule has 7 heteroatoms. The van der Waals surface area contributed by atoms with Gasteiger partial charge in [-0.3, -0.25) is 9.59 Å². The van der Waals surface area contributed by atoms with Gasteiger partial charge in [-0.2, -0.15) is 0 Å². The molecule has 1 aliphatic carbocycles. The SMILES string of the molecule is O=C(CN1CCCCCC1=O)NC1CCN(C(=O)NC2CCCCC2)CC1. The van der Waals surface area contributed by atoms with Gasteiger partial charge in [0.1, 0.15) is 0 Å². The standard InChI is InChI=1S/C20H34N4O3/c25-18(15-24-12-6-2-5-9-19(24)26)21-17-10-13-23(14-11-17)20(27)22-16-7-3-1-4-8-16/h16-17H,1-15H2,(H,21,25)(H,22,27). The number of hydrogen-bond donors (Lipinski definition) is 2. The molecule has 3 aliphatic rings. The smallest absolute Gasteiger partial charge is 0.317 e. The van der Waals surface area contributed by atoms with Gasteiger partial charge in [0.25, 0.3) is 0 Å². The Morgan fingerprint density at radius 2 is 1.48 bits per heavy atom. The number of piperidine rings is 1. The van der Waals surface area contributed by atoms with E-state index in [0.29, 0.717) is 32.1 Å². The zero-order valence-electron chi connectivity index (χ0n) is 16.4. The zero-order chi connectivity index (χ0) is 19.1. The Balaban J connectivity index is 1.36.